The van der Waals surface area contributed by atoms with Gasteiger partial charge in [0.2, 0.25) is 0 Å². The summed E-state index contributed by atoms with van der Waals surface area (Å²) in [4.78, 5) is 0. The summed E-state index contributed by atoms with van der Waals surface area (Å²) >= 11 is 3.01. The predicted octanol–water partition coefficient (Wildman–Crippen LogP) is 0.413. The van der Waals surface area contributed by atoms with Crippen LogP contribution >= 0.6 is 15.9 Å². The van der Waals surface area contributed by atoms with Gasteiger partial charge >= 0.3 is 0 Å². The van der Waals surface area contributed by atoms with E-state index in [0.29, 0.717) is 0 Å². The molecule has 2 N–H and O–H groups in total. The molecule has 1 aliphatic rings. The van der Waals surface area contributed by atoms with Crippen LogP contribution in [-0.4, -0.2) is 41.6 Å². The Hall–Kier alpha value is 0.290. The van der Waals surface area contributed by atoms with Gasteiger partial charge in [0.25, 0.3) is 0 Å². The summed E-state index contributed by atoms with van der Waals surface area (Å²) in [5.74, 6) is 0. The van der Waals surface area contributed by atoms with Crippen LogP contribution in [0.15, 0.2) is 0 Å². The second-order valence-corrected chi connectivity index (χ2v) is 3.84. The zero-order valence-electron chi connectivity index (χ0n) is 7.00. The van der Waals surface area contributed by atoms with Crippen molar-refractivity contribution in [1.29, 1.82) is 0 Å². The van der Waals surface area contributed by atoms with Crippen molar-refractivity contribution in [2.24, 2.45) is 0 Å². The molecular formula is C7H13BrFNO2. The van der Waals surface area contributed by atoms with Crippen LogP contribution in [-0.2, 0) is 4.74 Å². The van der Waals surface area contributed by atoms with Crippen LogP contribution in [0.5, 0.6) is 0 Å². The first kappa shape index (κ1) is 10.4. The Morgan fingerprint density at radius 2 is 2.17 bits per heavy atom. The van der Waals surface area contributed by atoms with Crippen molar-refractivity contribution in [2.45, 2.75) is 36.4 Å². The molecule has 0 aliphatic carbocycles. The highest BCUT2D eigenvalue weighted by Crippen LogP contribution is 2.26. The average Bonchev–Trinajstić information content (AvgIpc) is 2.01. The zero-order valence-corrected chi connectivity index (χ0v) is 8.58. The number of aliphatic hydroxyl groups excluding tert-OH is 1. The van der Waals surface area contributed by atoms with Gasteiger partial charge in [-0.3, -0.25) is 0 Å². The molecule has 1 rings (SSSR count). The second kappa shape index (κ2) is 4.00. The lowest BCUT2D eigenvalue weighted by Gasteiger charge is -2.38. The first-order valence-corrected chi connectivity index (χ1v) is 4.78. The molecule has 1 fully saturated rings. The fourth-order valence-corrected chi connectivity index (χ4v) is 2.05. The van der Waals surface area contributed by atoms with E-state index in [1.54, 1.807) is 14.0 Å². The lowest BCUT2D eigenvalue weighted by atomic mass is 9.99. The summed E-state index contributed by atoms with van der Waals surface area (Å²) in [6.45, 7) is 1.80. The van der Waals surface area contributed by atoms with Gasteiger partial charge in [-0.15, -0.1) is 0 Å². The number of halogens is 2. The van der Waals surface area contributed by atoms with E-state index >= 15 is 0 Å². The van der Waals surface area contributed by atoms with Crippen molar-refractivity contribution in [3.8, 4) is 0 Å². The molecule has 1 aliphatic heterocycles. The third kappa shape index (κ3) is 1.79. The Morgan fingerprint density at radius 1 is 1.58 bits per heavy atom. The van der Waals surface area contributed by atoms with Crippen molar-refractivity contribution < 1.29 is 14.2 Å². The van der Waals surface area contributed by atoms with Gasteiger partial charge in [-0.25, -0.2) is 4.39 Å². The molecule has 12 heavy (non-hydrogen) atoms. The third-order valence-corrected chi connectivity index (χ3v) is 2.85. The minimum absolute atomic E-state index is 0.193. The molecule has 0 spiro atoms. The van der Waals surface area contributed by atoms with E-state index in [1.807, 2.05) is 0 Å². The Balaban J connectivity index is 2.65. The van der Waals surface area contributed by atoms with Gasteiger partial charge in [-0.2, -0.15) is 0 Å². The molecule has 1 saturated heterocycles. The number of aliphatic hydroxyl groups is 1. The standard InChI is InChI=1S/C7H13BrFNO2/c1-3-5(10-2)6(11)4(9)7(8)12-3/h3-7,10-11H,1-2H3. The summed E-state index contributed by atoms with van der Waals surface area (Å²) in [7, 11) is 1.68. The quantitative estimate of drug-likeness (QED) is 0.654. The van der Waals surface area contributed by atoms with Crippen molar-refractivity contribution in [3.05, 3.63) is 0 Å². The maximum Gasteiger partial charge on any atom is 0.163 e. The van der Waals surface area contributed by atoms with Crippen LogP contribution in [0, 0.1) is 0 Å². The lowest BCUT2D eigenvalue weighted by molar-refractivity contribution is -0.119. The minimum Gasteiger partial charge on any atom is -0.388 e. The normalized spacial score (nSPS) is 49.2. The van der Waals surface area contributed by atoms with Gasteiger partial charge in [0.15, 0.2) is 6.17 Å². The topological polar surface area (TPSA) is 41.5 Å². The molecule has 0 aromatic heterocycles. The Bertz CT molecular complexity index is 160. The van der Waals surface area contributed by atoms with Crippen molar-refractivity contribution in [1.82, 2.24) is 5.32 Å². The highest BCUT2D eigenvalue weighted by atomic mass is 79.9. The molecule has 5 atom stereocenters. The van der Waals surface area contributed by atoms with Crippen LogP contribution in [0.3, 0.4) is 0 Å². The molecule has 0 radical (unpaired) electrons. The smallest absolute Gasteiger partial charge is 0.163 e. The molecule has 0 amide bonds. The van der Waals surface area contributed by atoms with E-state index < -0.39 is 17.3 Å². The summed E-state index contributed by atoms with van der Waals surface area (Å²) in [6.07, 6.45) is -2.58. The van der Waals surface area contributed by atoms with Crippen LogP contribution in [0.25, 0.3) is 0 Å². The van der Waals surface area contributed by atoms with E-state index in [0.717, 1.165) is 0 Å². The van der Waals surface area contributed by atoms with Gasteiger partial charge in [0.05, 0.1) is 12.1 Å². The van der Waals surface area contributed by atoms with Crippen molar-refractivity contribution in [2.75, 3.05) is 7.05 Å². The first-order valence-electron chi connectivity index (χ1n) is 3.87. The van der Waals surface area contributed by atoms with Gasteiger partial charge < -0.3 is 15.2 Å². The van der Waals surface area contributed by atoms with E-state index in [-0.39, 0.29) is 12.1 Å². The SMILES string of the molecule is CNC1C(C)OC(Br)C(F)C1O. The van der Waals surface area contributed by atoms with Crippen LogP contribution in [0.4, 0.5) is 4.39 Å². The van der Waals surface area contributed by atoms with Crippen molar-refractivity contribution >= 4 is 15.9 Å². The number of rotatable bonds is 1. The largest absolute Gasteiger partial charge is 0.388 e. The van der Waals surface area contributed by atoms with Crippen LogP contribution < -0.4 is 5.32 Å². The van der Waals surface area contributed by atoms with Crippen LogP contribution in [0.2, 0.25) is 0 Å². The third-order valence-electron chi connectivity index (χ3n) is 2.13. The van der Waals surface area contributed by atoms with E-state index in [1.165, 1.54) is 0 Å². The maximum absolute atomic E-state index is 13.1. The molecule has 0 aromatic rings. The van der Waals surface area contributed by atoms with E-state index in [9.17, 15) is 9.50 Å². The number of likely N-dealkylation sites (N-methyl/N-ethyl adjacent to an activating group) is 1. The highest BCUT2D eigenvalue weighted by molar-refractivity contribution is 9.09. The molecule has 3 nitrogen and oxygen atoms in total. The summed E-state index contributed by atoms with van der Waals surface area (Å²) in [6, 6.07) is -0.339. The molecule has 0 aromatic carbocycles. The Morgan fingerprint density at radius 3 is 2.67 bits per heavy atom. The lowest BCUT2D eigenvalue weighted by Crippen LogP contribution is -2.58. The molecule has 5 heteroatoms. The minimum atomic E-state index is -1.38. The molecule has 0 bridgehead atoms. The maximum atomic E-state index is 13.1. The fourth-order valence-electron chi connectivity index (χ4n) is 1.40. The second-order valence-electron chi connectivity index (χ2n) is 2.94. The summed E-state index contributed by atoms with van der Waals surface area (Å²) in [5, 5.41) is 11.5. The van der Waals surface area contributed by atoms with Crippen LogP contribution in [0.1, 0.15) is 6.92 Å². The van der Waals surface area contributed by atoms with E-state index in [4.69, 9.17) is 4.74 Å². The Kier molecular flexibility index (Phi) is 3.46. The number of hydrogen-bond donors (Lipinski definition) is 2. The number of nitrogens with one attached hydrogen (secondary N) is 1. The van der Waals surface area contributed by atoms with Crippen molar-refractivity contribution in [3.63, 3.8) is 0 Å². The van der Waals surface area contributed by atoms with E-state index in [2.05, 4.69) is 21.2 Å². The highest BCUT2D eigenvalue weighted by Gasteiger charge is 2.41. The van der Waals surface area contributed by atoms with Gasteiger partial charge in [0, 0.05) is 0 Å². The number of hydrogen-bond acceptors (Lipinski definition) is 3. The molecule has 72 valence electrons. The molecular weight excluding hydrogens is 229 g/mol. The van der Waals surface area contributed by atoms with Gasteiger partial charge in [-0.1, -0.05) is 15.9 Å². The Labute approximate surface area is 79.4 Å². The molecule has 0 saturated carbocycles. The molecule has 1 heterocycles. The summed E-state index contributed by atoms with van der Waals surface area (Å²) in [5.41, 5.74) is 0. The monoisotopic (exact) mass is 241 g/mol. The fraction of sp³-hybridized carbons (Fsp3) is 1.00. The zero-order chi connectivity index (χ0) is 9.30. The summed E-state index contributed by atoms with van der Waals surface area (Å²) < 4.78 is 18.3. The number of alkyl halides is 2. The van der Waals surface area contributed by atoms with Gasteiger partial charge in [0.1, 0.15) is 11.1 Å². The molecule has 5 unspecified atom stereocenters. The average molecular weight is 242 g/mol. The number of ether oxygens (including phenoxy) is 1. The van der Waals surface area contributed by atoms with Gasteiger partial charge in [-0.05, 0) is 14.0 Å². The first-order chi connectivity index (χ1) is 5.57. The predicted molar refractivity (Wildman–Crippen MR) is 47.0 cm³/mol.